The zero-order chi connectivity index (χ0) is 19.3. The maximum absolute atomic E-state index is 12.5. The van der Waals surface area contributed by atoms with Gasteiger partial charge in [-0.3, -0.25) is 4.79 Å². The number of carbonyl (C=O) groups excluding carboxylic acids is 1. The van der Waals surface area contributed by atoms with Crippen molar-refractivity contribution in [2.24, 2.45) is 0 Å². The molecular weight excluding hydrogens is 371 g/mol. The molecule has 0 radical (unpaired) electrons. The predicted octanol–water partition coefficient (Wildman–Crippen LogP) is 4.88. The summed E-state index contributed by atoms with van der Waals surface area (Å²) in [6.45, 7) is 0. The third kappa shape index (κ3) is 5.16. The zero-order valence-electron chi connectivity index (χ0n) is 13.5. The Morgan fingerprint density at radius 1 is 1.15 bits per heavy atom. The number of alkyl halides is 3. The molecule has 0 spiro atoms. The van der Waals surface area contributed by atoms with Gasteiger partial charge in [-0.15, -0.1) is 0 Å². The minimum atomic E-state index is -4.41. The number of methoxy groups -OCH3 is 1. The molecular formula is C17H14F3NO4S. The van der Waals surface area contributed by atoms with Crippen LogP contribution in [0.15, 0.2) is 42.5 Å². The van der Waals surface area contributed by atoms with Crippen molar-refractivity contribution in [3.05, 3.63) is 59.2 Å². The van der Waals surface area contributed by atoms with Crippen LogP contribution < -0.4 is 10.1 Å². The van der Waals surface area contributed by atoms with Crippen LogP contribution in [0.1, 0.15) is 21.5 Å². The molecule has 0 aliphatic heterocycles. The maximum atomic E-state index is 12.5. The summed E-state index contributed by atoms with van der Waals surface area (Å²) in [5.41, 5.74) is -0.262. The molecule has 0 fully saturated rings. The molecule has 2 aromatic rings. The van der Waals surface area contributed by atoms with Crippen molar-refractivity contribution in [1.82, 2.24) is 0 Å². The van der Waals surface area contributed by atoms with Gasteiger partial charge >= 0.3 is 12.1 Å². The molecule has 0 aromatic heterocycles. The Hall–Kier alpha value is -2.68. The number of carbonyl (C=O) groups is 2. The van der Waals surface area contributed by atoms with E-state index in [1.54, 1.807) is 0 Å². The highest BCUT2D eigenvalue weighted by Gasteiger charge is 2.29. The molecule has 0 aliphatic carbocycles. The number of rotatable bonds is 5. The Balaban J connectivity index is 2.00. The summed E-state index contributed by atoms with van der Waals surface area (Å²) in [6.07, 6.45) is -4.41. The number of hydrogen-bond donors (Lipinski definition) is 2. The van der Waals surface area contributed by atoms with Crippen LogP contribution in [0.25, 0.3) is 0 Å². The molecule has 5 nitrogen and oxygen atoms in total. The minimum Gasteiger partial charge on any atom is -0.497 e. The van der Waals surface area contributed by atoms with Crippen LogP contribution in [0, 0.1) is 0 Å². The van der Waals surface area contributed by atoms with E-state index in [2.05, 4.69) is 5.32 Å². The van der Waals surface area contributed by atoms with E-state index in [1.807, 2.05) is 0 Å². The summed E-state index contributed by atoms with van der Waals surface area (Å²) >= 11 is 0.813. The quantitative estimate of drug-likeness (QED) is 0.767. The molecule has 1 amide bonds. The second kappa shape index (κ2) is 8.13. The van der Waals surface area contributed by atoms with E-state index in [0.29, 0.717) is 11.3 Å². The van der Waals surface area contributed by atoms with Crippen molar-refractivity contribution >= 4 is 28.7 Å². The summed E-state index contributed by atoms with van der Waals surface area (Å²) in [4.78, 5) is 23.2. The Kier molecular flexibility index (Phi) is 6.14. The van der Waals surface area contributed by atoms with Gasteiger partial charge in [0.05, 0.1) is 23.9 Å². The van der Waals surface area contributed by atoms with Crippen molar-refractivity contribution < 1.29 is 32.6 Å². The van der Waals surface area contributed by atoms with Crippen molar-refractivity contribution in [2.45, 2.75) is 11.9 Å². The van der Waals surface area contributed by atoms with Crippen LogP contribution in [0.4, 0.5) is 23.7 Å². The number of thioether (sulfide) groups is 1. The maximum Gasteiger partial charge on any atom is 0.416 e. The first kappa shape index (κ1) is 19.6. The Morgan fingerprint density at radius 3 is 2.35 bits per heavy atom. The molecule has 2 rings (SSSR count). The number of anilines is 1. The fourth-order valence-corrected chi connectivity index (χ4v) is 2.69. The van der Waals surface area contributed by atoms with Gasteiger partial charge in [-0.25, -0.2) is 4.79 Å². The van der Waals surface area contributed by atoms with Gasteiger partial charge in [0, 0.05) is 5.75 Å². The second-order valence-electron chi connectivity index (χ2n) is 5.11. The van der Waals surface area contributed by atoms with Crippen molar-refractivity contribution in [3.8, 4) is 5.75 Å². The molecule has 0 saturated heterocycles. The number of benzene rings is 2. The van der Waals surface area contributed by atoms with E-state index in [-0.39, 0.29) is 17.0 Å². The number of nitrogens with one attached hydrogen (secondary N) is 1. The van der Waals surface area contributed by atoms with Crippen LogP contribution in [0.5, 0.6) is 5.75 Å². The van der Waals surface area contributed by atoms with Crippen LogP contribution in [0.3, 0.4) is 0 Å². The minimum absolute atomic E-state index is 0.100. The van der Waals surface area contributed by atoms with Crippen LogP contribution in [0.2, 0.25) is 0 Å². The summed E-state index contributed by atoms with van der Waals surface area (Å²) in [5.74, 6) is -0.757. The van der Waals surface area contributed by atoms with Gasteiger partial charge in [0.2, 0.25) is 0 Å². The molecule has 0 atom stereocenters. The monoisotopic (exact) mass is 385 g/mol. The summed E-state index contributed by atoms with van der Waals surface area (Å²) in [7, 11) is 1.39. The lowest BCUT2D eigenvalue weighted by Crippen LogP contribution is -2.10. The Morgan fingerprint density at radius 2 is 1.81 bits per heavy atom. The van der Waals surface area contributed by atoms with Crippen molar-refractivity contribution in [2.75, 3.05) is 12.4 Å². The zero-order valence-corrected chi connectivity index (χ0v) is 14.3. The molecule has 0 aliphatic rings. The van der Waals surface area contributed by atoms with Crippen LogP contribution >= 0.6 is 11.8 Å². The molecule has 138 valence electrons. The van der Waals surface area contributed by atoms with Gasteiger partial charge in [0.25, 0.3) is 5.24 Å². The number of amides is 1. The van der Waals surface area contributed by atoms with E-state index in [1.165, 1.54) is 37.4 Å². The second-order valence-corrected chi connectivity index (χ2v) is 6.06. The number of hydrogen-bond acceptors (Lipinski definition) is 4. The van der Waals surface area contributed by atoms with Gasteiger partial charge in [-0.05, 0) is 35.9 Å². The van der Waals surface area contributed by atoms with Gasteiger partial charge < -0.3 is 15.2 Å². The smallest absolute Gasteiger partial charge is 0.416 e. The highest BCUT2D eigenvalue weighted by molar-refractivity contribution is 8.13. The van der Waals surface area contributed by atoms with E-state index < -0.39 is 22.9 Å². The van der Waals surface area contributed by atoms with Crippen LogP contribution in [-0.4, -0.2) is 23.4 Å². The van der Waals surface area contributed by atoms with E-state index >= 15 is 0 Å². The molecule has 2 N–H and O–H groups in total. The Labute approximate surface area is 151 Å². The average molecular weight is 385 g/mol. The summed E-state index contributed by atoms with van der Waals surface area (Å²) in [5, 5.41) is 11.1. The lowest BCUT2D eigenvalue weighted by Gasteiger charge is -2.10. The van der Waals surface area contributed by atoms with Gasteiger partial charge in [0.1, 0.15) is 5.75 Å². The number of carboxylic acid groups (broad SMARTS) is 1. The van der Waals surface area contributed by atoms with Crippen molar-refractivity contribution in [1.29, 1.82) is 0 Å². The molecule has 0 saturated carbocycles. The lowest BCUT2D eigenvalue weighted by molar-refractivity contribution is -0.137. The third-order valence-corrected chi connectivity index (χ3v) is 4.19. The third-order valence-electron chi connectivity index (χ3n) is 3.35. The molecule has 2 aromatic carbocycles. The fourth-order valence-electron chi connectivity index (χ4n) is 2.02. The first-order chi connectivity index (χ1) is 12.2. The predicted molar refractivity (Wildman–Crippen MR) is 91.7 cm³/mol. The van der Waals surface area contributed by atoms with Crippen LogP contribution in [-0.2, 0) is 11.9 Å². The first-order valence-corrected chi connectivity index (χ1v) is 8.20. The normalized spacial score (nSPS) is 11.1. The highest BCUT2D eigenvalue weighted by Crippen LogP contribution is 2.30. The topological polar surface area (TPSA) is 75.6 Å². The number of aromatic carboxylic acids is 1. The molecule has 0 heterocycles. The highest BCUT2D eigenvalue weighted by atomic mass is 32.2. The van der Waals surface area contributed by atoms with Gasteiger partial charge in [-0.1, -0.05) is 23.9 Å². The fraction of sp³-hybridized carbons (Fsp3) is 0.176. The van der Waals surface area contributed by atoms with E-state index in [9.17, 15) is 27.9 Å². The lowest BCUT2D eigenvalue weighted by atomic mass is 10.1. The van der Waals surface area contributed by atoms with Crippen molar-refractivity contribution in [3.63, 3.8) is 0 Å². The summed E-state index contributed by atoms with van der Waals surface area (Å²) in [6, 6.07) is 8.65. The summed E-state index contributed by atoms with van der Waals surface area (Å²) < 4.78 is 42.5. The Bertz CT molecular complexity index is 807. The average Bonchev–Trinajstić information content (AvgIpc) is 2.59. The number of carboxylic acids is 1. The molecule has 0 bridgehead atoms. The number of ether oxygens (including phenoxy) is 1. The number of halogens is 3. The standard InChI is InChI=1S/C17H14F3NO4S/c1-25-12-6-7-14(13(8-12)15(22)23)21-16(24)26-9-10-2-4-11(5-3-10)17(18,19)20/h2-8H,9H2,1H3,(H,21,24)(H,22,23). The van der Waals surface area contributed by atoms with E-state index in [0.717, 1.165) is 23.9 Å². The molecule has 0 unspecified atom stereocenters. The largest absolute Gasteiger partial charge is 0.497 e. The molecule has 9 heteroatoms. The van der Waals surface area contributed by atoms with Gasteiger partial charge in [0.15, 0.2) is 0 Å². The first-order valence-electron chi connectivity index (χ1n) is 7.22. The molecule has 26 heavy (non-hydrogen) atoms. The van der Waals surface area contributed by atoms with Gasteiger partial charge in [-0.2, -0.15) is 13.2 Å². The van der Waals surface area contributed by atoms with E-state index in [4.69, 9.17) is 4.74 Å². The SMILES string of the molecule is COc1ccc(NC(=O)SCc2ccc(C(F)(F)F)cc2)c(C(=O)O)c1.